The molecule has 0 aliphatic carbocycles. The summed E-state index contributed by atoms with van der Waals surface area (Å²) in [5, 5.41) is 3.03. The molecule has 2 aromatic carbocycles. The lowest BCUT2D eigenvalue weighted by atomic mass is 9.87. The number of nitrogens with zero attached hydrogens (tertiary/aromatic N) is 2. The highest BCUT2D eigenvalue weighted by Crippen LogP contribution is 2.25. The highest BCUT2D eigenvalue weighted by molar-refractivity contribution is 5.98. The summed E-state index contributed by atoms with van der Waals surface area (Å²) in [6, 6.07) is 13.8. The molecule has 1 N–H and O–H groups in total. The molecular weight excluding hydrogens is 446 g/mol. The van der Waals surface area contributed by atoms with Gasteiger partial charge in [0.2, 0.25) is 5.91 Å². The summed E-state index contributed by atoms with van der Waals surface area (Å²) in [6.07, 6.45) is 1.26. The quantitative estimate of drug-likeness (QED) is 0.688. The minimum absolute atomic E-state index is 0.0535. The van der Waals surface area contributed by atoms with Crippen LogP contribution in [0.2, 0.25) is 0 Å². The van der Waals surface area contributed by atoms with E-state index in [0.717, 1.165) is 5.56 Å². The van der Waals surface area contributed by atoms with E-state index in [-0.39, 0.29) is 23.6 Å². The topological polar surface area (TPSA) is 88.2 Å². The Morgan fingerprint density at radius 3 is 2.31 bits per heavy atom. The van der Waals surface area contributed by atoms with Crippen LogP contribution in [0.5, 0.6) is 5.75 Å². The van der Waals surface area contributed by atoms with E-state index in [9.17, 15) is 14.4 Å². The molecule has 2 heterocycles. The average Bonchev–Trinajstić information content (AvgIpc) is 2.91. The predicted octanol–water partition coefficient (Wildman–Crippen LogP) is 2.51. The molecule has 35 heavy (non-hydrogen) atoms. The number of nitrogens with one attached hydrogen (secondary N) is 1. The lowest BCUT2D eigenvalue weighted by molar-refractivity contribution is -0.139. The second kappa shape index (κ2) is 11.4. The number of likely N-dealkylation sites (tertiary alicyclic amines) is 1. The molecule has 2 saturated heterocycles. The van der Waals surface area contributed by atoms with Crippen molar-refractivity contribution in [3.8, 4) is 5.75 Å². The molecule has 2 fully saturated rings. The van der Waals surface area contributed by atoms with Crippen LogP contribution in [-0.4, -0.2) is 80.1 Å². The zero-order valence-electron chi connectivity index (χ0n) is 20.4. The van der Waals surface area contributed by atoms with Crippen molar-refractivity contribution in [2.24, 2.45) is 5.92 Å². The number of aryl methyl sites for hydroxylation is 1. The lowest BCUT2D eigenvalue weighted by Gasteiger charge is -2.38. The number of morpholine rings is 1. The number of carbonyl (C=O) groups excluding carboxylic acids is 3. The van der Waals surface area contributed by atoms with E-state index in [4.69, 9.17) is 9.47 Å². The van der Waals surface area contributed by atoms with Gasteiger partial charge in [0.05, 0.1) is 20.3 Å². The largest absolute Gasteiger partial charge is 0.497 e. The number of hydrogen-bond donors (Lipinski definition) is 1. The molecule has 0 aromatic heterocycles. The third-order valence-electron chi connectivity index (χ3n) is 6.77. The Hall–Kier alpha value is -3.39. The monoisotopic (exact) mass is 479 g/mol. The summed E-state index contributed by atoms with van der Waals surface area (Å²) >= 11 is 0. The molecule has 0 unspecified atom stereocenters. The zero-order chi connectivity index (χ0) is 24.8. The molecule has 4 rings (SSSR count). The number of amides is 3. The van der Waals surface area contributed by atoms with Crippen LogP contribution < -0.4 is 10.1 Å². The molecule has 8 heteroatoms. The number of hydrogen-bond acceptors (Lipinski definition) is 5. The normalized spacial score (nSPS) is 17.5. The molecule has 0 saturated carbocycles. The van der Waals surface area contributed by atoms with E-state index in [1.807, 2.05) is 36.1 Å². The van der Waals surface area contributed by atoms with Crippen molar-refractivity contribution in [2.45, 2.75) is 25.8 Å². The highest BCUT2D eigenvalue weighted by Gasteiger charge is 2.36. The maximum absolute atomic E-state index is 13.5. The van der Waals surface area contributed by atoms with Gasteiger partial charge in [-0.2, -0.15) is 0 Å². The Kier molecular flexibility index (Phi) is 8.02. The summed E-state index contributed by atoms with van der Waals surface area (Å²) in [5.74, 6) is 0.193. The van der Waals surface area contributed by atoms with E-state index >= 15 is 0 Å². The molecule has 8 nitrogen and oxygen atoms in total. The van der Waals surface area contributed by atoms with Crippen molar-refractivity contribution >= 4 is 17.7 Å². The lowest BCUT2D eigenvalue weighted by Crippen LogP contribution is -2.56. The van der Waals surface area contributed by atoms with Gasteiger partial charge in [-0.3, -0.25) is 14.4 Å². The van der Waals surface area contributed by atoms with Gasteiger partial charge in [0.1, 0.15) is 11.8 Å². The molecule has 3 amide bonds. The predicted molar refractivity (Wildman–Crippen MR) is 131 cm³/mol. The zero-order valence-corrected chi connectivity index (χ0v) is 20.4. The summed E-state index contributed by atoms with van der Waals surface area (Å²) in [4.78, 5) is 43.2. The molecule has 1 atom stereocenters. The molecule has 0 spiro atoms. The Morgan fingerprint density at radius 1 is 0.943 bits per heavy atom. The fourth-order valence-electron chi connectivity index (χ4n) is 4.75. The first-order valence-corrected chi connectivity index (χ1v) is 12.1. The van der Waals surface area contributed by atoms with Crippen LogP contribution in [0, 0.1) is 12.8 Å². The van der Waals surface area contributed by atoms with Gasteiger partial charge in [0.15, 0.2) is 0 Å². The number of methoxy groups -OCH3 is 1. The van der Waals surface area contributed by atoms with E-state index in [1.54, 1.807) is 36.3 Å². The van der Waals surface area contributed by atoms with Crippen LogP contribution in [0.3, 0.4) is 0 Å². The van der Waals surface area contributed by atoms with Gasteiger partial charge in [-0.1, -0.05) is 23.8 Å². The molecule has 2 aliphatic rings. The Balaban J connectivity index is 1.46. The van der Waals surface area contributed by atoms with Crippen molar-refractivity contribution < 1.29 is 23.9 Å². The van der Waals surface area contributed by atoms with Crippen LogP contribution in [0.25, 0.3) is 0 Å². The Labute approximate surface area is 206 Å². The Bertz CT molecular complexity index is 1060. The van der Waals surface area contributed by atoms with Crippen LogP contribution in [0.15, 0.2) is 48.5 Å². The second-order valence-corrected chi connectivity index (χ2v) is 9.12. The van der Waals surface area contributed by atoms with Crippen molar-refractivity contribution in [1.82, 2.24) is 15.1 Å². The molecule has 2 aliphatic heterocycles. The van der Waals surface area contributed by atoms with Crippen molar-refractivity contribution in [2.75, 3.05) is 46.5 Å². The minimum atomic E-state index is -0.643. The number of benzene rings is 2. The molecule has 0 bridgehead atoms. The third kappa shape index (κ3) is 6.00. The molecular formula is C27H33N3O5. The van der Waals surface area contributed by atoms with Gasteiger partial charge in [-0.15, -0.1) is 0 Å². The smallest absolute Gasteiger partial charge is 0.253 e. The van der Waals surface area contributed by atoms with Gasteiger partial charge >= 0.3 is 0 Å². The number of ether oxygens (including phenoxy) is 2. The van der Waals surface area contributed by atoms with Crippen LogP contribution in [0.1, 0.15) is 39.1 Å². The number of carbonyl (C=O) groups is 3. The third-order valence-corrected chi connectivity index (χ3v) is 6.77. The summed E-state index contributed by atoms with van der Waals surface area (Å²) in [6.45, 7) is 5.01. The first kappa shape index (κ1) is 24.7. The molecule has 2 aromatic rings. The van der Waals surface area contributed by atoms with E-state index in [2.05, 4.69) is 5.32 Å². The van der Waals surface area contributed by atoms with E-state index in [0.29, 0.717) is 69.1 Å². The van der Waals surface area contributed by atoms with Crippen LogP contribution in [0.4, 0.5) is 0 Å². The maximum Gasteiger partial charge on any atom is 0.253 e. The Morgan fingerprint density at radius 2 is 1.63 bits per heavy atom. The highest BCUT2D eigenvalue weighted by atomic mass is 16.5. The number of piperidine rings is 1. The summed E-state index contributed by atoms with van der Waals surface area (Å²) < 4.78 is 10.6. The second-order valence-electron chi connectivity index (χ2n) is 9.12. The average molecular weight is 480 g/mol. The van der Waals surface area contributed by atoms with Gasteiger partial charge in [-0.25, -0.2) is 0 Å². The van der Waals surface area contributed by atoms with E-state index < -0.39 is 6.04 Å². The molecule has 0 radical (unpaired) electrons. The minimum Gasteiger partial charge on any atom is -0.497 e. The fourth-order valence-corrected chi connectivity index (χ4v) is 4.75. The number of rotatable bonds is 6. The maximum atomic E-state index is 13.5. The van der Waals surface area contributed by atoms with Gasteiger partial charge in [0, 0.05) is 37.3 Å². The molecule has 186 valence electrons. The van der Waals surface area contributed by atoms with Crippen molar-refractivity contribution in [3.63, 3.8) is 0 Å². The SMILES string of the molecule is COc1cccc(C(=O)N2CCC([C@H](NC(=O)c3cccc(C)c3)C(=O)N3CCOCC3)CC2)c1. The van der Waals surface area contributed by atoms with Crippen LogP contribution >= 0.6 is 0 Å². The first-order chi connectivity index (χ1) is 17.0. The van der Waals surface area contributed by atoms with Gasteiger partial charge in [-0.05, 0) is 56.0 Å². The van der Waals surface area contributed by atoms with Crippen molar-refractivity contribution in [3.05, 3.63) is 65.2 Å². The van der Waals surface area contributed by atoms with Gasteiger partial charge in [0.25, 0.3) is 11.8 Å². The van der Waals surface area contributed by atoms with E-state index in [1.165, 1.54) is 0 Å². The van der Waals surface area contributed by atoms with Crippen LogP contribution in [-0.2, 0) is 9.53 Å². The van der Waals surface area contributed by atoms with Gasteiger partial charge < -0.3 is 24.6 Å². The first-order valence-electron chi connectivity index (χ1n) is 12.1. The standard InChI is InChI=1S/C27H33N3O5/c1-19-5-3-6-21(17-19)25(31)28-24(27(33)30-13-15-35-16-14-30)20-9-11-29(12-10-20)26(32)22-7-4-8-23(18-22)34-2/h3-8,17-18,20,24H,9-16H2,1-2H3,(H,28,31)/t24-/m0/s1. The van der Waals surface area contributed by atoms with Crippen molar-refractivity contribution in [1.29, 1.82) is 0 Å². The summed E-state index contributed by atoms with van der Waals surface area (Å²) in [7, 11) is 1.58. The fraction of sp³-hybridized carbons (Fsp3) is 0.444. The summed E-state index contributed by atoms with van der Waals surface area (Å²) in [5.41, 5.74) is 2.10.